The molecule has 2 unspecified atom stereocenters. The zero-order chi connectivity index (χ0) is 16.9. The molecule has 130 valence electrons. The highest BCUT2D eigenvalue weighted by atomic mass is 16.3. The molecule has 2 amide bonds. The molecule has 2 N–H and O–H groups in total. The molecular weight excluding hydrogens is 304 g/mol. The number of nitrogens with zero attached hydrogens (tertiary/aromatic N) is 1. The Morgan fingerprint density at radius 3 is 2.42 bits per heavy atom. The smallest absolute Gasteiger partial charge is 0.253 e. The van der Waals surface area contributed by atoms with Gasteiger partial charge in [0.15, 0.2) is 0 Å². The molecule has 1 aromatic rings. The van der Waals surface area contributed by atoms with Crippen LogP contribution in [0.4, 0.5) is 0 Å². The van der Waals surface area contributed by atoms with E-state index in [2.05, 4.69) is 5.32 Å². The van der Waals surface area contributed by atoms with Crippen LogP contribution in [0.3, 0.4) is 0 Å². The van der Waals surface area contributed by atoms with Crippen molar-refractivity contribution < 1.29 is 14.7 Å². The largest absolute Gasteiger partial charge is 0.393 e. The predicted octanol–water partition coefficient (Wildman–Crippen LogP) is 1.82. The fourth-order valence-electron chi connectivity index (χ4n) is 3.74. The fraction of sp³-hybridized carbons (Fsp3) is 0.579. The first-order valence-electron chi connectivity index (χ1n) is 8.95. The summed E-state index contributed by atoms with van der Waals surface area (Å²) >= 11 is 0. The first-order chi connectivity index (χ1) is 11.6. The maximum absolute atomic E-state index is 12.4. The van der Waals surface area contributed by atoms with Crippen LogP contribution in [0.2, 0.25) is 0 Å². The molecule has 0 bridgehead atoms. The standard InChI is InChI=1S/C19H26N2O3/c22-17-8-4-7-16(17)13-20-18(23)14-9-11-21(12-10-14)19(24)15-5-2-1-3-6-15/h1-3,5-6,14,16-17,22H,4,7-13H2,(H,20,23). The number of nitrogens with one attached hydrogen (secondary N) is 1. The normalized spacial score (nSPS) is 24.8. The van der Waals surface area contributed by atoms with Gasteiger partial charge in [0, 0.05) is 37.0 Å². The lowest BCUT2D eigenvalue weighted by Gasteiger charge is -2.31. The summed E-state index contributed by atoms with van der Waals surface area (Å²) in [5.41, 5.74) is 0.704. The number of hydrogen-bond donors (Lipinski definition) is 2. The number of piperidine rings is 1. The summed E-state index contributed by atoms with van der Waals surface area (Å²) in [5.74, 6) is 0.293. The van der Waals surface area contributed by atoms with Gasteiger partial charge >= 0.3 is 0 Å². The number of aliphatic hydroxyl groups is 1. The molecule has 1 aliphatic carbocycles. The number of carbonyl (C=O) groups is 2. The number of carbonyl (C=O) groups excluding carboxylic acids is 2. The van der Waals surface area contributed by atoms with Crippen LogP contribution in [-0.4, -0.2) is 47.6 Å². The Kier molecular flexibility index (Phi) is 5.51. The molecule has 3 rings (SSSR count). The Balaban J connectivity index is 1.44. The first kappa shape index (κ1) is 17.0. The second kappa shape index (κ2) is 7.79. The Morgan fingerprint density at radius 2 is 1.79 bits per heavy atom. The summed E-state index contributed by atoms with van der Waals surface area (Å²) in [6.07, 6.45) is 4.03. The molecule has 0 spiro atoms. The minimum atomic E-state index is -0.268. The Bertz CT molecular complexity index is 567. The highest BCUT2D eigenvalue weighted by molar-refractivity contribution is 5.94. The van der Waals surface area contributed by atoms with E-state index in [1.54, 1.807) is 0 Å². The van der Waals surface area contributed by atoms with Gasteiger partial charge in [0.25, 0.3) is 5.91 Å². The van der Waals surface area contributed by atoms with E-state index in [-0.39, 0.29) is 29.8 Å². The summed E-state index contributed by atoms with van der Waals surface area (Å²) in [7, 11) is 0. The third kappa shape index (κ3) is 3.96. The molecule has 1 aliphatic heterocycles. The van der Waals surface area contributed by atoms with Crippen molar-refractivity contribution >= 4 is 11.8 Å². The molecule has 5 nitrogen and oxygen atoms in total. The zero-order valence-electron chi connectivity index (χ0n) is 14.0. The molecule has 5 heteroatoms. The molecule has 24 heavy (non-hydrogen) atoms. The second-order valence-corrected chi connectivity index (χ2v) is 6.94. The maximum Gasteiger partial charge on any atom is 0.253 e. The summed E-state index contributed by atoms with van der Waals surface area (Å²) in [5, 5.41) is 12.8. The highest BCUT2D eigenvalue weighted by Crippen LogP contribution is 2.25. The maximum atomic E-state index is 12.4. The van der Waals surface area contributed by atoms with Crippen molar-refractivity contribution in [2.45, 2.75) is 38.2 Å². The lowest BCUT2D eigenvalue weighted by Crippen LogP contribution is -2.44. The monoisotopic (exact) mass is 330 g/mol. The van der Waals surface area contributed by atoms with Crippen molar-refractivity contribution in [2.24, 2.45) is 11.8 Å². The van der Waals surface area contributed by atoms with Crippen LogP contribution >= 0.6 is 0 Å². The van der Waals surface area contributed by atoms with E-state index in [0.29, 0.717) is 38.0 Å². The van der Waals surface area contributed by atoms with Crippen LogP contribution in [0.1, 0.15) is 42.5 Å². The molecule has 2 atom stereocenters. The van der Waals surface area contributed by atoms with E-state index in [9.17, 15) is 14.7 Å². The Labute approximate surface area is 143 Å². The highest BCUT2D eigenvalue weighted by Gasteiger charge is 2.30. The van der Waals surface area contributed by atoms with E-state index in [1.165, 1.54) is 0 Å². The summed E-state index contributed by atoms with van der Waals surface area (Å²) in [6, 6.07) is 9.28. The van der Waals surface area contributed by atoms with Gasteiger partial charge in [0.1, 0.15) is 0 Å². The lowest BCUT2D eigenvalue weighted by atomic mass is 9.95. The second-order valence-electron chi connectivity index (χ2n) is 6.94. The molecule has 0 aromatic heterocycles. The van der Waals surface area contributed by atoms with E-state index in [0.717, 1.165) is 19.3 Å². The SMILES string of the molecule is O=C(NCC1CCCC1O)C1CCN(C(=O)c2ccccc2)CC1. The van der Waals surface area contributed by atoms with Gasteiger partial charge in [0.2, 0.25) is 5.91 Å². The van der Waals surface area contributed by atoms with Crippen LogP contribution in [0.5, 0.6) is 0 Å². The van der Waals surface area contributed by atoms with E-state index >= 15 is 0 Å². The Morgan fingerprint density at radius 1 is 1.08 bits per heavy atom. The molecular formula is C19H26N2O3. The van der Waals surface area contributed by atoms with Crippen LogP contribution in [0, 0.1) is 11.8 Å². The van der Waals surface area contributed by atoms with Gasteiger partial charge in [-0.2, -0.15) is 0 Å². The van der Waals surface area contributed by atoms with Crippen LogP contribution in [-0.2, 0) is 4.79 Å². The van der Waals surface area contributed by atoms with Gasteiger partial charge in [-0.3, -0.25) is 9.59 Å². The number of amides is 2. The van der Waals surface area contributed by atoms with Crippen LogP contribution in [0.15, 0.2) is 30.3 Å². The average molecular weight is 330 g/mol. The third-order valence-corrected chi connectivity index (χ3v) is 5.33. The van der Waals surface area contributed by atoms with Crippen molar-refractivity contribution in [3.8, 4) is 0 Å². The number of hydrogen-bond acceptors (Lipinski definition) is 3. The van der Waals surface area contributed by atoms with Gasteiger partial charge in [-0.15, -0.1) is 0 Å². The van der Waals surface area contributed by atoms with Crippen LogP contribution < -0.4 is 5.32 Å². The van der Waals surface area contributed by atoms with E-state index in [4.69, 9.17) is 0 Å². The molecule has 1 saturated heterocycles. The first-order valence-corrected chi connectivity index (χ1v) is 8.95. The van der Waals surface area contributed by atoms with Gasteiger partial charge in [-0.25, -0.2) is 0 Å². The fourth-order valence-corrected chi connectivity index (χ4v) is 3.74. The molecule has 2 fully saturated rings. The van der Waals surface area contributed by atoms with Crippen molar-refractivity contribution in [3.63, 3.8) is 0 Å². The minimum Gasteiger partial charge on any atom is -0.393 e. The Hall–Kier alpha value is -1.88. The van der Waals surface area contributed by atoms with Gasteiger partial charge in [-0.05, 0) is 37.8 Å². The quantitative estimate of drug-likeness (QED) is 0.885. The third-order valence-electron chi connectivity index (χ3n) is 5.33. The topological polar surface area (TPSA) is 69.6 Å². The lowest BCUT2D eigenvalue weighted by molar-refractivity contribution is -0.126. The molecule has 1 aromatic carbocycles. The zero-order valence-corrected chi connectivity index (χ0v) is 14.0. The van der Waals surface area contributed by atoms with Crippen molar-refractivity contribution in [1.82, 2.24) is 10.2 Å². The van der Waals surface area contributed by atoms with E-state index in [1.807, 2.05) is 35.2 Å². The van der Waals surface area contributed by atoms with Gasteiger partial charge in [-0.1, -0.05) is 24.6 Å². The molecule has 0 radical (unpaired) electrons. The predicted molar refractivity (Wildman–Crippen MR) is 91.4 cm³/mol. The number of benzene rings is 1. The van der Waals surface area contributed by atoms with Crippen molar-refractivity contribution in [2.75, 3.05) is 19.6 Å². The number of aliphatic hydroxyl groups excluding tert-OH is 1. The summed E-state index contributed by atoms with van der Waals surface area (Å²) in [6.45, 7) is 1.82. The van der Waals surface area contributed by atoms with Gasteiger partial charge < -0.3 is 15.3 Å². The van der Waals surface area contributed by atoms with Crippen molar-refractivity contribution in [1.29, 1.82) is 0 Å². The summed E-state index contributed by atoms with van der Waals surface area (Å²) < 4.78 is 0. The molecule has 2 aliphatic rings. The van der Waals surface area contributed by atoms with Gasteiger partial charge in [0.05, 0.1) is 6.10 Å². The van der Waals surface area contributed by atoms with E-state index < -0.39 is 0 Å². The van der Waals surface area contributed by atoms with Crippen molar-refractivity contribution in [3.05, 3.63) is 35.9 Å². The molecule has 1 heterocycles. The number of rotatable bonds is 4. The number of likely N-dealkylation sites (tertiary alicyclic amines) is 1. The summed E-state index contributed by atoms with van der Waals surface area (Å²) in [4.78, 5) is 26.6. The minimum absolute atomic E-state index is 0.0247. The van der Waals surface area contributed by atoms with Crippen LogP contribution in [0.25, 0.3) is 0 Å². The average Bonchev–Trinajstić information content (AvgIpc) is 3.05. The molecule has 1 saturated carbocycles.